The first kappa shape index (κ1) is 19.4. The molecule has 0 aliphatic carbocycles. The molecule has 4 aromatic carbocycles. The van der Waals surface area contributed by atoms with Gasteiger partial charge in [-0.1, -0.05) is 84.9 Å². The van der Waals surface area contributed by atoms with Gasteiger partial charge in [-0.3, -0.25) is 4.79 Å². The summed E-state index contributed by atoms with van der Waals surface area (Å²) in [6, 6.07) is 32.7. The Balaban J connectivity index is 1.50. The highest BCUT2D eigenvalue weighted by Crippen LogP contribution is 2.37. The Morgan fingerprint density at radius 3 is 2.45 bits per heavy atom. The van der Waals surface area contributed by atoms with Crippen molar-refractivity contribution in [3.8, 4) is 5.75 Å². The minimum Gasteiger partial charge on any atom is -0.489 e. The summed E-state index contributed by atoms with van der Waals surface area (Å²) >= 11 is 0. The van der Waals surface area contributed by atoms with Gasteiger partial charge in [0.05, 0.1) is 17.6 Å². The summed E-state index contributed by atoms with van der Waals surface area (Å²) in [6.45, 7) is 2.49. The zero-order valence-corrected chi connectivity index (χ0v) is 17.6. The number of carbonyl (C=O) groups is 1. The van der Waals surface area contributed by atoms with Gasteiger partial charge >= 0.3 is 0 Å². The average Bonchev–Trinajstić information content (AvgIpc) is 2.83. The third kappa shape index (κ3) is 3.79. The van der Waals surface area contributed by atoms with E-state index in [2.05, 4.69) is 42.5 Å². The van der Waals surface area contributed by atoms with E-state index in [-0.39, 0.29) is 17.9 Å². The Hall–Kier alpha value is -3.59. The first-order chi connectivity index (χ1) is 15.2. The quantitative estimate of drug-likeness (QED) is 0.416. The van der Waals surface area contributed by atoms with Crippen molar-refractivity contribution in [2.45, 2.75) is 25.3 Å². The topological polar surface area (TPSA) is 29.5 Å². The van der Waals surface area contributed by atoms with Crippen LogP contribution in [0.1, 0.15) is 24.0 Å². The van der Waals surface area contributed by atoms with Gasteiger partial charge < -0.3 is 9.64 Å². The molecule has 31 heavy (non-hydrogen) atoms. The van der Waals surface area contributed by atoms with E-state index < -0.39 is 0 Å². The molecule has 0 aromatic heterocycles. The van der Waals surface area contributed by atoms with Crippen LogP contribution in [0.4, 0.5) is 5.69 Å². The zero-order chi connectivity index (χ0) is 21.2. The fraction of sp³-hybridized carbons (Fsp3) is 0.179. The number of hydrogen-bond donors (Lipinski definition) is 0. The fourth-order valence-corrected chi connectivity index (χ4v) is 4.40. The van der Waals surface area contributed by atoms with Gasteiger partial charge in [0, 0.05) is 0 Å². The predicted molar refractivity (Wildman–Crippen MR) is 126 cm³/mol. The second-order valence-electron chi connectivity index (χ2n) is 8.16. The first-order valence-corrected chi connectivity index (χ1v) is 10.8. The van der Waals surface area contributed by atoms with Gasteiger partial charge in [-0.15, -0.1) is 0 Å². The highest BCUT2D eigenvalue weighted by Gasteiger charge is 2.35. The number of para-hydroxylation sites is 2. The molecule has 0 fully saturated rings. The Morgan fingerprint density at radius 1 is 0.903 bits per heavy atom. The van der Waals surface area contributed by atoms with Crippen LogP contribution in [0, 0.1) is 0 Å². The van der Waals surface area contributed by atoms with Gasteiger partial charge in [0.25, 0.3) is 0 Å². The van der Waals surface area contributed by atoms with Crippen LogP contribution in [0.25, 0.3) is 10.8 Å². The molecule has 1 heterocycles. The zero-order valence-electron chi connectivity index (χ0n) is 17.6. The fourth-order valence-electron chi connectivity index (χ4n) is 4.40. The molecule has 1 unspecified atom stereocenters. The smallest absolute Gasteiger partial charge is 0.234 e. The first-order valence-electron chi connectivity index (χ1n) is 10.8. The second kappa shape index (κ2) is 8.27. The van der Waals surface area contributed by atoms with Crippen molar-refractivity contribution in [2.75, 3.05) is 11.5 Å². The normalized spacial score (nSPS) is 16.4. The molecule has 0 saturated carbocycles. The van der Waals surface area contributed by atoms with Crippen LogP contribution in [0.2, 0.25) is 0 Å². The molecule has 154 valence electrons. The highest BCUT2D eigenvalue weighted by atomic mass is 16.5. The summed E-state index contributed by atoms with van der Waals surface area (Å²) in [6.07, 6.45) is 0.755. The van der Waals surface area contributed by atoms with Gasteiger partial charge in [0.15, 0.2) is 0 Å². The lowest BCUT2D eigenvalue weighted by atomic mass is 9.94. The van der Waals surface area contributed by atoms with E-state index >= 15 is 0 Å². The van der Waals surface area contributed by atoms with Crippen LogP contribution in [0.15, 0.2) is 97.1 Å². The molecular formula is C28H25NO2. The van der Waals surface area contributed by atoms with Crippen LogP contribution >= 0.6 is 0 Å². The molecule has 0 saturated heterocycles. The largest absolute Gasteiger partial charge is 0.489 e. The SMILES string of the molecule is CC(C(=O)N1c2ccccc2OC[C@@H]1Cc1ccccc1)c1ccc2ccccc2c1. The second-order valence-corrected chi connectivity index (χ2v) is 8.16. The van der Waals surface area contributed by atoms with Crippen molar-refractivity contribution in [2.24, 2.45) is 0 Å². The van der Waals surface area contributed by atoms with Crippen molar-refractivity contribution in [1.82, 2.24) is 0 Å². The summed E-state index contributed by atoms with van der Waals surface area (Å²) in [5.74, 6) is 0.617. The van der Waals surface area contributed by atoms with Crippen LogP contribution < -0.4 is 9.64 Å². The van der Waals surface area contributed by atoms with E-state index in [0.717, 1.165) is 28.8 Å². The van der Waals surface area contributed by atoms with E-state index in [9.17, 15) is 4.79 Å². The molecule has 0 radical (unpaired) electrons. The number of rotatable bonds is 4. The van der Waals surface area contributed by atoms with Crippen LogP contribution in [-0.4, -0.2) is 18.6 Å². The molecule has 3 nitrogen and oxygen atoms in total. The van der Waals surface area contributed by atoms with E-state index in [0.29, 0.717) is 6.61 Å². The van der Waals surface area contributed by atoms with Gasteiger partial charge in [-0.05, 0) is 47.4 Å². The van der Waals surface area contributed by atoms with Crippen molar-refractivity contribution in [3.63, 3.8) is 0 Å². The number of amides is 1. The number of hydrogen-bond acceptors (Lipinski definition) is 2. The number of ether oxygens (including phenoxy) is 1. The minimum absolute atomic E-state index is 0.0484. The Bertz CT molecular complexity index is 1220. The van der Waals surface area contributed by atoms with E-state index in [1.54, 1.807) is 0 Å². The summed E-state index contributed by atoms with van der Waals surface area (Å²) < 4.78 is 6.04. The molecule has 5 rings (SSSR count). The number of anilines is 1. The lowest BCUT2D eigenvalue weighted by Gasteiger charge is -2.38. The van der Waals surface area contributed by atoms with Crippen molar-refractivity contribution in [1.29, 1.82) is 0 Å². The molecule has 1 aliphatic rings. The van der Waals surface area contributed by atoms with Crippen LogP contribution in [0.3, 0.4) is 0 Å². The Labute approximate surface area is 182 Å². The van der Waals surface area contributed by atoms with Crippen molar-refractivity contribution < 1.29 is 9.53 Å². The summed E-state index contributed by atoms with van der Waals surface area (Å²) in [7, 11) is 0. The third-order valence-electron chi connectivity index (χ3n) is 6.12. The molecule has 0 N–H and O–H groups in total. The number of benzene rings is 4. The third-order valence-corrected chi connectivity index (χ3v) is 6.12. The molecule has 1 aliphatic heterocycles. The lowest BCUT2D eigenvalue weighted by molar-refractivity contribution is -0.120. The van der Waals surface area contributed by atoms with Gasteiger partial charge in [-0.25, -0.2) is 0 Å². The maximum Gasteiger partial charge on any atom is 0.234 e. The lowest BCUT2D eigenvalue weighted by Crippen LogP contribution is -2.49. The van der Waals surface area contributed by atoms with Gasteiger partial charge in [0.2, 0.25) is 5.91 Å². The number of carbonyl (C=O) groups excluding carboxylic acids is 1. The maximum absolute atomic E-state index is 13.9. The number of fused-ring (bicyclic) bond motifs is 2. The Kier molecular flexibility index (Phi) is 5.17. The average molecular weight is 408 g/mol. The van der Waals surface area contributed by atoms with Crippen molar-refractivity contribution >= 4 is 22.4 Å². The molecule has 0 bridgehead atoms. The standard InChI is InChI=1S/C28H25NO2/c1-20(23-16-15-22-11-5-6-12-24(22)18-23)28(30)29-25(17-21-9-3-2-4-10-21)19-31-27-14-8-7-13-26(27)29/h2-16,18,20,25H,17,19H2,1H3/t20?,25-/m0/s1. The maximum atomic E-state index is 13.9. The van der Waals surface area contributed by atoms with E-state index in [1.807, 2.05) is 66.4 Å². The molecule has 1 amide bonds. The van der Waals surface area contributed by atoms with Crippen LogP contribution in [0.5, 0.6) is 5.75 Å². The molecule has 2 atom stereocenters. The summed E-state index contributed by atoms with van der Waals surface area (Å²) in [5.41, 5.74) is 3.09. The van der Waals surface area contributed by atoms with Gasteiger partial charge in [-0.2, -0.15) is 0 Å². The van der Waals surface area contributed by atoms with Crippen molar-refractivity contribution in [3.05, 3.63) is 108 Å². The minimum atomic E-state index is -0.256. The predicted octanol–water partition coefficient (Wildman–Crippen LogP) is 5.98. The molecule has 3 heteroatoms. The molecular weight excluding hydrogens is 382 g/mol. The monoisotopic (exact) mass is 407 g/mol. The van der Waals surface area contributed by atoms with E-state index in [4.69, 9.17) is 4.74 Å². The Morgan fingerprint density at radius 2 is 1.61 bits per heavy atom. The van der Waals surface area contributed by atoms with Crippen LogP contribution in [-0.2, 0) is 11.2 Å². The molecule has 4 aromatic rings. The molecule has 0 spiro atoms. The van der Waals surface area contributed by atoms with E-state index in [1.165, 1.54) is 10.9 Å². The number of nitrogens with zero attached hydrogens (tertiary/aromatic N) is 1. The summed E-state index contributed by atoms with van der Waals surface area (Å²) in [4.78, 5) is 15.8. The van der Waals surface area contributed by atoms with Gasteiger partial charge in [0.1, 0.15) is 12.4 Å². The highest BCUT2D eigenvalue weighted by molar-refractivity contribution is 6.00. The summed E-state index contributed by atoms with van der Waals surface area (Å²) in [5, 5.41) is 2.34.